The highest BCUT2D eigenvalue weighted by Crippen LogP contribution is 2.13. The maximum absolute atomic E-state index is 4.05. The Morgan fingerprint density at radius 2 is 2.21 bits per heavy atom. The number of nitrogens with one attached hydrogen (secondary N) is 2. The first kappa shape index (κ1) is 9.21. The van der Waals surface area contributed by atoms with Gasteiger partial charge in [0.1, 0.15) is 0 Å². The molecule has 2 N–H and O–H groups in total. The van der Waals surface area contributed by atoms with Crippen LogP contribution in [0.1, 0.15) is 5.69 Å². The molecule has 0 fully saturated rings. The van der Waals surface area contributed by atoms with Crippen LogP contribution < -0.4 is 5.32 Å². The minimum Gasteiger partial charge on any atom is -0.378 e. The fraction of sp³-hybridized carbons (Fsp3) is 0.111. The lowest BCUT2D eigenvalue weighted by Gasteiger charge is -2.03. The normalized spacial score (nSPS) is 10.1. The number of nitrogens with zero attached hydrogens (tertiary/aromatic N) is 2. The van der Waals surface area contributed by atoms with E-state index in [-0.39, 0.29) is 0 Å². The number of imidazole rings is 1. The van der Waals surface area contributed by atoms with E-state index in [2.05, 4.69) is 36.2 Å². The van der Waals surface area contributed by atoms with Crippen molar-refractivity contribution < 1.29 is 0 Å². The van der Waals surface area contributed by atoms with Crippen LogP contribution in [0.25, 0.3) is 0 Å². The minimum absolute atomic E-state index is 0.720. The van der Waals surface area contributed by atoms with Crippen LogP contribution in [-0.2, 0) is 6.54 Å². The molecule has 2 aromatic rings. The van der Waals surface area contributed by atoms with Crippen LogP contribution >= 0.6 is 15.9 Å². The molecular weight excluding hydrogens is 244 g/mol. The van der Waals surface area contributed by atoms with Gasteiger partial charge in [-0.3, -0.25) is 4.98 Å². The standard InChI is InChI=1S/C9H9BrN4/c10-7-1-8(3-11-2-7)13-5-9-4-12-6-14-9/h1-4,6,13H,5H2,(H,12,14). The molecule has 0 bridgehead atoms. The molecule has 2 aromatic heterocycles. The van der Waals surface area contributed by atoms with Gasteiger partial charge in [-0.1, -0.05) is 0 Å². The molecule has 0 saturated heterocycles. The van der Waals surface area contributed by atoms with Gasteiger partial charge in [0.15, 0.2) is 0 Å². The first-order chi connectivity index (χ1) is 6.84. The summed E-state index contributed by atoms with van der Waals surface area (Å²) in [5.41, 5.74) is 2.03. The van der Waals surface area contributed by atoms with Crippen LogP contribution in [0.3, 0.4) is 0 Å². The Morgan fingerprint density at radius 1 is 1.29 bits per heavy atom. The van der Waals surface area contributed by atoms with Crippen LogP contribution in [0.2, 0.25) is 0 Å². The number of rotatable bonds is 3. The van der Waals surface area contributed by atoms with E-state index in [0.29, 0.717) is 0 Å². The van der Waals surface area contributed by atoms with Gasteiger partial charge in [-0.25, -0.2) is 4.98 Å². The molecule has 4 nitrogen and oxygen atoms in total. The third kappa shape index (κ3) is 2.32. The van der Waals surface area contributed by atoms with Crippen molar-refractivity contribution in [3.63, 3.8) is 0 Å². The summed E-state index contributed by atoms with van der Waals surface area (Å²) in [7, 11) is 0. The average Bonchev–Trinajstić information content (AvgIpc) is 2.67. The third-order valence-electron chi connectivity index (χ3n) is 1.74. The van der Waals surface area contributed by atoms with Crippen molar-refractivity contribution in [2.24, 2.45) is 0 Å². The first-order valence-corrected chi connectivity index (χ1v) is 4.95. The second-order valence-electron chi connectivity index (χ2n) is 2.82. The van der Waals surface area contributed by atoms with Crippen molar-refractivity contribution in [3.05, 3.63) is 41.2 Å². The summed E-state index contributed by atoms with van der Waals surface area (Å²) in [5.74, 6) is 0. The van der Waals surface area contributed by atoms with Gasteiger partial charge in [0.05, 0.1) is 30.5 Å². The van der Waals surface area contributed by atoms with E-state index in [0.717, 1.165) is 22.4 Å². The predicted octanol–water partition coefficient (Wildman–Crippen LogP) is 2.18. The lowest BCUT2D eigenvalue weighted by atomic mass is 10.4. The van der Waals surface area contributed by atoms with Gasteiger partial charge in [-0.05, 0) is 22.0 Å². The Labute approximate surface area is 89.9 Å². The average molecular weight is 253 g/mol. The number of halogens is 1. The molecule has 2 rings (SSSR count). The van der Waals surface area contributed by atoms with Gasteiger partial charge in [-0.2, -0.15) is 0 Å². The van der Waals surface area contributed by atoms with Crippen LogP contribution in [0, 0.1) is 0 Å². The van der Waals surface area contributed by atoms with Crippen LogP contribution in [0.15, 0.2) is 35.5 Å². The molecule has 0 amide bonds. The molecule has 2 heterocycles. The smallest absolute Gasteiger partial charge is 0.0922 e. The molecular formula is C9H9BrN4. The van der Waals surface area contributed by atoms with Gasteiger partial charge < -0.3 is 10.3 Å². The molecule has 0 unspecified atom stereocenters. The predicted molar refractivity (Wildman–Crippen MR) is 57.9 cm³/mol. The number of hydrogen-bond donors (Lipinski definition) is 2. The van der Waals surface area contributed by atoms with Gasteiger partial charge in [-0.15, -0.1) is 0 Å². The topological polar surface area (TPSA) is 53.6 Å². The maximum Gasteiger partial charge on any atom is 0.0922 e. The number of aromatic nitrogens is 3. The minimum atomic E-state index is 0.720. The van der Waals surface area contributed by atoms with Gasteiger partial charge in [0, 0.05) is 16.9 Å². The summed E-state index contributed by atoms with van der Waals surface area (Å²) in [6.07, 6.45) is 6.98. The summed E-state index contributed by atoms with van der Waals surface area (Å²) in [4.78, 5) is 11.0. The monoisotopic (exact) mass is 252 g/mol. The lowest BCUT2D eigenvalue weighted by molar-refractivity contribution is 1.07. The summed E-state index contributed by atoms with van der Waals surface area (Å²) >= 11 is 3.36. The molecule has 0 aliphatic rings. The molecule has 0 spiro atoms. The highest BCUT2D eigenvalue weighted by atomic mass is 79.9. The highest BCUT2D eigenvalue weighted by molar-refractivity contribution is 9.10. The quantitative estimate of drug-likeness (QED) is 0.881. The van der Waals surface area contributed by atoms with E-state index >= 15 is 0 Å². The van der Waals surface area contributed by atoms with E-state index in [4.69, 9.17) is 0 Å². The summed E-state index contributed by atoms with van der Waals surface area (Å²) in [6.45, 7) is 0.720. The van der Waals surface area contributed by atoms with Crippen molar-refractivity contribution in [2.45, 2.75) is 6.54 Å². The third-order valence-corrected chi connectivity index (χ3v) is 2.18. The van der Waals surface area contributed by atoms with Crippen molar-refractivity contribution >= 4 is 21.6 Å². The second kappa shape index (κ2) is 4.23. The Morgan fingerprint density at radius 3 is 2.93 bits per heavy atom. The fourth-order valence-electron chi connectivity index (χ4n) is 1.09. The summed E-state index contributed by atoms with van der Waals surface area (Å²) in [5, 5.41) is 3.22. The largest absolute Gasteiger partial charge is 0.378 e. The lowest BCUT2D eigenvalue weighted by Crippen LogP contribution is -1.99. The number of anilines is 1. The zero-order valence-electron chi connectivity index (χ0n) is 7.37. The number of pyridine rings is 1. The zero-order chi connectivity index (χ0) is 9.80. The van der Waals surface area contributed by atoms with Crippen molar-refractivity contribution in [3.8, 4) is 0 Å². The number of aromatic amines is 1. The molecule has 72 valence electrons. The molecule has 5 heteroatoms. The highest BCUT2D eigenvalue weighted by Gasteiger charge is 1.95. The number of H-pyrrole nitrogens is 1. The Hall–Kier alpha value is -1.36. The van der Waals surface area contributed by atoms with Gasteiger partial charge in [0.25, 0.3) is 0 Å². The van der Waals surface area contributed by atoms with E-state index in [1.807, 2.05) is 6.07 Å². The van der Waals surface area contributed by atoms with Crippen molar-refractivity contribution in [1.82, 2.24) is 15.0 Å². The SMILES string of the molecule is Brc1cncc(NCc2cnc[nH]2)c1. The molecule has 14 heavy (non-hydrogen) atoms. The maximum atomic E-state index is 4.05. The van der Waals surface area contributed by atoms with Crippen molar-refractivity contribution in [2.75, 3.05) is 5.32 Å². The summed E-state index contributed by atoms with van der Waals surface area (Å²) < 4.78 is 0.965. The fourth-order valence-corrected chi connectivity index (χ4v) is 1.45. The zero-order valence-corrected chi connectivity index (χ0v) is 8.95. The van der Waals surface area contributed by atoms with Gasteiger partial charge >= 0.3 is 0 Å². The van der Waals surface area contributed by atoms with Crippen LogP contribution in [-0.4, -0.2) is 15.0 Å². The molecule has 0 atom stereocenters. The van der Waals surface area contributed by atoms with E-state index in [1.165, 1.54) is 0 Å². The van der Waals surface area contributed by atoms with E-state index in [9.17, 15) is 0 Å². The Kier molecular flexibility index (Phi) is 2.78. The molecule has 0 aromatic carbocycles. The summed E-state index contributed by atoms with van der Waals surface area (Å²) in [6, 6.07) is 1.98. The first-order valence-electron chi connectivity index (χ1n) is 4.16. The molecule has 0 radical (unpaired) electrons. The Bertz CT molecular complexity index is 399. The van der Waals surface area contributed by atoms with Crippen LogP contribution in [0.4, 0.5) is 5.69 Å². The Balaban J connectivity index is 1.98. The van der Waals surface area contributed by atoms with E-state index < -0.39 is 0 Å². The molecule has 0 aliphatic heterocycles. The van der Waals surface area contributed by atoms with Crippen molar-refractivity contribution in [1.29, 1.82) is 0 Å². The van der Waals surface area contributed by atoms with E-state index in [1.54, 1.807) is 24.9 Å². The number of hydrogen-bond acceptors (Lipinski definition) is 3. The second-order valence-corrected chi connectivity index (χ2v) is 3.74. The molecule has 0 aliphatic carbocycles. The van der Waals surface area contributed by atoms with Gasteiger partial charge in [0.2, 0.25) is 0 Å². The molecule has 0 saturated carbocycles. The van der Waals surface area contributed by atoms with Crippen LogP contribution in [0.5, 0.6) is 0 Å².